The van der Waals surface area contributed by atoms with Gasteiger partial charge in [-0.1, -0.05) is 60.1 Å². The highest BCUT2D eigenvalue weighted by atomic mass is 79.9. The molecule has 1 N–H and O–H groups in total. The first-order chi connectivity index (χ1) is 16.4. The molecule has 34 heavy (non-hydrogen) atoms. The fourth-order valence-corrected chi connectivity index (χ4v) is 5.14. The molecular weight excluding hydrogens is 536 g/mol. The Kier molecular flexibility index (Phi) is 6.16. The second-order valence-electron chi connectivity index (χ2n) is 7.68. The van der Waals surface area contributed by atoms with Crippen LogP contribution in [0.5, 0.6) is 0 Å². The van der Waals surface area contributed by atoms with Crippen LogP contribution in [0.25, 0.3) is 27.6 Å². The van der Waals surface area contributed by atoms with E-state index in [4.69, 9.17) is 11.6 Å². The summed E-state index contributed by atoms with van der Waals surface area (Å²) in [6.45, 7) is -0.383. The number of halogens is 2. The summed E-state index contributed by atoms with van der Waals surface area (Å²) in [6.07, 6.45) is 1.75. The summed E-state index contributed by atoms with van der Waals surface area (Å²) < 4.78 is 0.698. The number of thioether (sulfide) groups is 1. The van der Waals surface area contributed by atoms with Crippen molar-refractivity contribution in [3.05, 3.63) is 92.8 Å². The lowest BCUT2D eigenvalue weighted by Gasteiger charge is -2.13. The number of fused-ring (bicyclic) bond motifs is 2. The highest BCUT2D eigenvalue weighted by molar-refractivity contribution is 9.10. The Morgan fingerprint density at radius 3 is 2.26 bits per heavy atom. The summed E-state index contributed by atoms with van der Waals surface area (Å²) in [5, 5.41) is 6.68. The van der Waals surface area contributed by atoms with Crippen LogP contribution in [-0.2, 0) is 9.59 Å². The SMILES string of the molecule is O=C(CN1C(=O)S/C(=C/c2c3ccccc3cc3ccccc23)C1=O)Nc1ccc(Br)c(Cl)c1. The molecule has 3 amide bonds. The van der Waals surface area contributed by atoms with Gasteiger partial charge in [0.15, 0.2) is 0 Å². The van der Waals surface area contributed by atoms with Gasteiger partial charge in [0, 0.05) is 10.2 Å². The summed E-state index contributed by atoms with van der Waals surface area (Å²) in [5.41, 5.74) is 1.34. The zero-order chi connectivity index (χ0) is 23.8. The van der Waals surface area contributed by atoms with Gasteiger partial charge in [-0.05, 0) is 85.1 Å². The maximum absolute atomic E-state index is 13.1. The van der Waals surface area contributed by atoms with Gasteiger partial charge < -0.3 is 5.32 Å². The van der Waals surface area contributed by atoms with E-state index in [2.05, 4.69) is 27.3 Å². The molecule has 1 aliphatic rings. The first kappa shape index (κ1) is 22.7. The summed E-state index contributed by atoms with van der Waals surface area (Å²) >= 11 is 10.2. The fourth-order valence-electron chi connectivity index (χ4n) is 3.89. The Morgan fingerprint density at radius 2 is 1.62 bits per heavy atom. The van der Waals surface area contributed by atoms with Crippen LogP contribution in [0.4, 0.5) is 10.5 Å². The number of carbonyl (C=O) groups excluding carboxylic acids is 3. The van der Waals surface area contributed by atoms with Crippen LogP contribution < -0.4 is 5.32 Å². The average Bonchev–Trinajstić information content (AvgIpc) is 3.08. The van der Waals surface area contributed by atoms with Crippen molar-refractivity contribution in [1.29, 1.82) is 0 Å². The molecule has 5 nitrogen and oxygen atoms in total. The van der Waals surface area contributed by atoms with Crippen LogP contribution in [0.15, 0.2) is 82.2 Å². The van der Waals surface area contributed by atoms with Crippen LogP contribution in [0.1, 0.15) is 5.56 Å². The van der Waals surface area contributed by atoms with E-state index < -0.39 is 17.1 Å². The van der Waals surface area contributed by atoms with Crippen molar-refractivity contribution in [3.8, 4) is 0 Å². The molecule has 4 aromatic rings. The molecule has 0 aliphatic carbocycles. The third-order valence-corrected chi connectivity index (χ3v) is 7.61. The minimum absolute atomic E-state index is 0.283. The Balaban J connectivity index is 1.44. The number of nitrogens with zero attached hydrogens (tertiary/aromatic N) is 1. The normalized spacial score (nSPS) is 15.0. The fraction of sp³-hybridized carbons (Fsp3) is 0.0385. The third-order valence-electron chi connectivity index (χ3n) is 5.47. The number of anilines is 1. The summed E-state index contributed by atoms with van der Waals surface area (Å²) in [4.78, 5) is 39.5. The van der Waals surface area contributed by atoms with Gasteiger partial charge >= 0.3 is 0 Å². The molecule has 1 heterocycles. The van der Waals surface area contributed by atoms with E-state index in [-0.39, 0.29) is 11.4 Å². The Hall–Kier alpha value is -3.13. The van der Waals surface area contributed by atoms with E-state index in [1.54, 1.807) is 24.3 Å². The van der Waals surface area contributed by atoms with Gasteiger partial charge in [0.2, 0.25) is 5.91 Å². The number of hydrogen-bond acceptors (Lipinski definition) is 4. The first-order valence-electron chi connectivity index (χ1n) is 10.3. The third kappa shape index (κ3) is 4.34. The predicted octanol–water partition coefficient (Wildman–Crippen LogP) is 7.08. The van der Waals surface area contributed by atoms with Gasteiger partial charge in [-0.3, -0.25) is 19.3 Å². The van der Waals surface area contributed by atoms with Gasteiger partial charge in [-0.25, -0.2) is 0 Å². The molecule has 0 aromatic heterocycles. The molecule has 1 saturated heterocycles. The number of amides is 3. The number of hydrogen-bond donors (Lipinski definition) is 1. The minimum Gasteiger partial charge on any atom is -0.324 e. The van der Waals surface area contributed by atoms with Crippen molar-refractivity contribution in [1.82, 2.24) is 4.90 Å². The summed E-state index contributed by atoms with van der Waals surface area (Å²) in [7, 11) is 0. The van der Waals surface area contributed by atoms with Crippen LogP contribution in [0.3, 0.4) is 0 Å². The Morgan fingerprint density at radius 1 is 0.971 bits per heavy atom. The second-order valence-corrected chi connectivity index (χ2v) is 9.93. The van der Waals surface area contributed by atoms with Gasteiger partial charge in [0.1, 0.15) is 6.54 Å². The van der Waals surface area contributed by atoms with E-state index >= 15 is 0 Å². The molecule has 8 heteroatoms. The first-order valence-corrected chi connectivity index (χ1v) is 12.3. The van der Waals surface area contributed by atoms with Crippen LogP contribution in [-0.4, -0.2) is 28.5 Å². The van der Waals surface area contributed by atoms with Crippen molar-refractivity contribution in [2.24, 2.45) is 0 Å². The predicted molar refractivity (Wildman–Crippen MR) is 142 cm³/mol. The van der Waals surface area contributed by atoms with Gasteiger partial charge in [0.25, 0.3) is 11.1 Å². The molecular formula is C26H16BrClN2O3S. The lowest BCUT2D eigenvalue weighted by Crippen LogP contribution is -2.36. The van der Waals surface area contributed by atoms with Crippen LogP contribution in [0.2, 0.25) is 5.02 Å². The Labute approximate surface area is 212 Å². The lowest BCUT2D eigenvalue weighted by atomic mass is 9.96. The molecule has 4 aromatic carbocycles. The molecule has 0 bridgehead atoms. The van der Waals surface area contributed by atoms with E-state index in [9.17, 15) is 14.4 Å². The number of nitrogens with one attached hydrogen (secondary N) is 1. The maximum atomic E-state index is 13.1. The van der Waals surface area contributed by atoms with Gasteiger partial charge in [-0.15, -0.1) is 0 Å². The number of carbonyl (C=O) groups is 3. The Bertz CT molecular complexity index is 1480. The summed E-state index contributed by atoms with van der Waals surface area (Å²) in [6, 6.07) is 22.9. The minimum atomic E-state index is -0.490. The maximum Gasteiger partial charge on any atom is 0.294 e. The zero-order valence-electron chi connectivity index (χ0n) is 17.5. The largest absolute Gasteiger partial charge is 0.324 e. The zero-order valence-corrected chi connectivity index (χ0v) is 20.7. The molecule has 0 atom stereocenters. The van der Waals surface area contributed by atoms with E-state index in [0.717, 1.165) is 43.8 Å². The van der Waals surface area contributed by atoms with Crippen molar-refractivity contribution in [3.63, 3.8) is 0 Å². The standard InChI is InChI=1S/C26H16BrClN2O3S/c27-21-10-9-17(12-22(21)28)29-24(31)14-30-25(32)23(34-26(30)33)13-20-18-7-3-1-5-15(18)11-16-6-2-4-8-19(16)20/h1-13H,14H2,(H,29,31)/b23-13+. The number of rotatable bonds is 4. The van der Waals surface area contributed by atoms with E-state index in [1.165, 1.54) is 0 Å². The quantitative estimate of drug-likeness (QED) is 0.217. The molecule has 168 valence electrons. The van der Waals surface area contributed by atoms with Gasteiger partial charge in [-0.2, -0.15) is 0 Å². The highest BCUT2D eigenvalue weighted by Crippen LogP contribution is 2.36. The van der Waals surface area contributed by atoms with Crippen LogP contribution >= 0.6 is 39.3 Å². The van der Waals surface area contributed by atoms with E-state index in [0.29, 0.717) is 15.2 Å². The second kappa shape index (κ2) is 9.25. The monoisotopic (exact) mass is 550 g/mol. The molecule has 5 rings (SSSR count). The topological polar surface area (TPSA) is 66.5 Å². The van der Waals surface area contributed by atoms with Gasteiger partial charge in [0.05, 0.1) is 9.93 Å². The molecule has 0 unspecified atom stereocenters. The molecule has 1 fully saturated rings. The lowest BCUT2D eigenvalue weighted by molar-refractivity contribution is -0.127. The van der Waals surface area contributed by atoms with Crippen molar-refractivity contribution < 1.29 is 14.4 Å². The average molecular weight is 552 g/mol. The van der Waals surface area contributed by atoms with E-state index in [1.807, 2.05) is 48.5 Å². The highest BCUT2D eigenvalue weighted by Gasteiger charge is 2.36. The number of imide groups is 1. The van der Waals surface area contributed by atoms with Crippen LogP contribution in [0, 0.1) is 0 Å². The molecule has 1 aliphatic heterocycles. The molecule has 0 saturated carbocycles. The van der Waals surface area contributed by atoms with Crippen molar-refractivity contribution >= 4 is 89.7 Å². The molecule has 0 spiro atoms. The van der Waals surface area contributed by atoms with Crippen molar-refractivity contribution in [2.45, 2.75) is 0 Å². The smallest absolute Gasteiger partial charge is 0.294 e. The van der Waals surface area contributed by atoms with Crippen molar-refractivity contribution in [2.75, 3.05) is 11.9 Å². The molecule has 0 radical (unpaired) electrons. The number of benzene rings is 4. The summed E-state index contributed by atoms with van der Waals surface area (Å²) in [5.74, 6) is -0.978.